The molecule has 1 heterocycles. The average molecular weight is 195 g/mol. The number of nitrogens with one attached hydrogen (secondary N) is 1. The van der Waals surface area contributed by atoms with Gasteiger partial charge in [0, 0.05) is 23.9 Å². The van der Waals surface area contributed by atoms with Gasteiger partial charge >= 0.3 is 0 Å². The lowest BCUT2D eigenvalue weighted by Gasteiger charge is -2.45. The maximum atomic E-state index is 10.7. The highest BCUT2D eigenvalue weighted by molar-refractivity contribution is 6.55. The predicted molar refractivity (Wildman–Crippen MR) is 56.6 cm³/mol. The van der Waals surface area contributed by atoms with E-state index in [1.807, 2.05) is 0 Å². The Morgan fingerprint density at radius 2 is 1.71 bits per heavy atom. The summed E-state index contributed by atoms with van der Waals surface area (Å²) in [5.41, 5.74) is -0.0241. The molecular formula is C10H18BNO2. The van der Waals surface area contributed by atoms with Crippen molar-refractivity contribution in [2.75, 3.05) is 0 Å². The second-order valence-corrected chi connectivity index (χ2v) is 5.36. The highest BCUT2D eigenvalue weighted by Crippen LogP contribution is 2.30. The quantitative estimate of drug-likeness (QED) is 0.645. The minimum absolute atomic E-state index is 0.0120. The molecule has 1 fully saturated rings. The third-order valence-corrected chi connectivity index (χ3v) is 2.44. The SMILES string of the molecule is [B]C(=O)OC1CC(C)(C)NC(C)(C)C1. The number of carbonyl (C=O) groups excluding carboxylic acids is 1. The number of hydrogen-bond donors (Lipinski definition) is 1. The molecule has 0 saturated carbocycles. The minimum atomic E-state index is -0.677. The zero-order valence-electron chi connectivity index (χ0n) is 9.39. The van der Waals surface area contributed by atoms with Crippen molar-refractivity contribution in [2.45, 2.75) is 57.7 Å². The van der Waals surface area contributed by atoms with Crippen molar-refractivity contribution in [3.63, 3.8) is 0 Å². The van der Waals surface area contributed by atoms with Crippen LogP contribution in [-0.2, 0) is 4.74 Å². The molecule has 0 aromatic carbocycles. The first kappa shape index (κ1) is 11.6. The molecule has 3 nitrogen and oxygen atoms in total. The molecule has 1 saturated heterocycles. The predicted octanol–water partition coefficient (Wildman–Crippen LogP) is 1.60. The number of ether oxygens (including phenoxy) is 1. The molecule has 1 aliphatic heterocycles. The van der Waals surface area contributed by atoms with Gasteiger partial charge in [-0.15, -0.1) is 0 Å². The second kappa shape index (κ2) is 3.57. The van der Waals surface area contributed by atoms with Gasteiger partial charge in [0.25, 0.3) is 0 Å². The molecule has 0 aromatic rings. The fourth-order valence-electron chi connectivity index (χ4n) is 2.48. The molecular weight excluding hydrogens is 177 g/mol. The van der Waals surface area contributed by atoms with Crippen molar-refractivity contribution in [2.24, 2.45) is 0 Å². The van der Waals surface area contributed by atoms with Crippen LogP contribution in [0.4, 0.5) is 4.79 Å². The molecule has 1 N–H and O–H groups in total. The first-order chi connectivity index (χ1) is 6.20. The van der Waals surface area contributed by atoms with Crippen LogP contribution in [-0.4, -0.2) is 30.9 Å². The molecule has 0 aromatic heterocycles. The molecule has 78 valence electrons. The van der Waals surface area contributed by atoms with Crippen LogP contribution >= 0.6 is 0 Å². The monoisotopic (exact) mass is 195 g/mol. The maximum Gasteiger partial charge on any atom is 0.235 e. The van der Waals surface area contributed by atoms with Crippen LogP contribution in [0.25, 0.3) is 0 Å². The van der Waals surface area contributed by atoms with Crippen LogP contribution in [0, 0.1) is 0 Å². The average Bonchev–Trinajstić information content (AvgIpc) is 1.74. The molecule has 0 amide bonds. The summed E-state index contributed by atoms with van der Waals surface area (Å²) in [4.78, 5) is 10.7. The molecule has 0 atom stereocenters. The highest BCUT2D eigenvalue weighted by atomic mass is 16.5. The fourth-order valence-corrected chi connectivity index (χ4v) is 2.48. The van der Waals surface area contributed by atoms with Crippen molar-refractivity contribution in [1.29, 1.82) is 0 Å². The third kappa shape index (κ3) is 3.33. The topological polar surface area (TPSA) is 38.3 Å². The zero-order valence-corrected chi connectivity index (χ0v) is 9.39. The molecule has 1 rings (SSSR count). The summed E-state index contributed by atoms with van der Waals surface area (Å²) in [6, 6.07) is 0. The van der Waals surface area contributed by atoms with E-state index in [0.717, 1.165) is 12.8 Å². The van der Waals surface area contributed by atoms with Gasteiger partial charge in [-0.25, -0.2) is 0 Å². The molecule has 1 aliphatic rings. The van der Waals surface area contributed by atoms with E-state index in [4.69, 9.17) is 12.6 Å². The van der Waals surface area contributed by atoms with E-state index in [1.165, 1.54) is 0 Å². The smallest absolute Gasteiger partial charge is 0.235 e. The van der Waals surface area contributed by atoms with Crippen LogP contribution in [0.1, 0.15) is 40.5 Å². The molecule has 4 heteroatoms. The van der Waals surface area contributed by atoms with Crippen LogP contribution in [0.3, 0.4) is 0 Å². The van der Waals surface area contributed by atoms with Crippen molar-refractivity contribution < 1.29 is 9.53 Å². The number of rotatable bonds is 1. The van der Waals surface area contributed by atoms with Crippen LogP contribution in [0.5, 0.6) is 0 Å². The van der Waals surface area contributed by atoms with Gasteiger partial charge in [-0.05, 0) is 27.7 Å². The lowest BCUT2D eigenvalue weighted by atomic mass is 9.81. The lowest BCUT2D eigenvalue weighted by Crippen LogP contribution is -2.59. The molecule has 0 spiro atoms. The molecule has 0 unspecified atom stereocenters. The first-order valence-corrected chi connectivity index (χ1v) is 4.96. The minimum Gasteiger partial charge on any atom is -0.471 e. The van der Waals surface area contributed by atoms with E-state index in [1.54, 1.807) is 0 Å². The molecule has 0 aliphatic carbocycles. The molecule has 14 heavy (non-hydrogen) atoms. The summed E-state index contributed by atoms with van der Waals surface area (Å²) in [5.74, 6) is -0.677. The Morgan fingerprint density at radius 3 is 2.07 bits per heavy atom. The van der Waals surface area contributed by atoms with Gasteiger partial charge in [0.05, 0.1) is 0 Å². The Morgan fingerprint density at radius 1 is 1.29 bits per heavy atom. The van der Waals surface area contributed by atoms with Crippen molar-refractivity contribution in [3.8, 4) is 0 Å². The van der Waals surface area contributed by atoms with Crippen LogP contribution < -0.4 is 5.32 Å². The Hall–Kier alpha value is -0.505. The number of piperidine rings is 1. The normalized spacial score (nSPS) is 25.7. The molecule has 0 bridgehead atoms. The highest BCUT2D eigenvalue weighted by Gasteiger charge is 2.38. The third-order valence-electron chi connectivity index (χ3n) is 2.44. The van der Waals surface area contributed by atoms with Gasteiger partial charge in [0.2, 0.25) is 13.7 Å². The van der Waals surface area contributed by atoms with E-state index >= 15 is 0 Å². The number of hydrogen-bond acceptors (Lipinski definition) is 3. The number of carbonyl (C=O) groups is 1. The largest absolute Gasteiger partial charge is 0.471 e. The van der Waals surface area contributed by atoms with E-state index in [2.05, 4.69) is 33.0 Å². The van der Waals surface area contributed by atoms with Gasteiger partial charge in [0.15, 0.2) is 0 Å². The van der Waals surface area contributed by atoms with Gasteiger partial charge < -0.3 is 10.1 Å². The standard InChI is InChI=1S/C10H18BNO2/c1-9(2)5-7(14-8(11)13)6-10(3,4)12-9/h7,12H,5-6H2,1-4H3. The van der Waals surface area contributed by atoms with E-state index in [9.17, 15) is 4.79 Å². The van der Waals surface area contributed by atoms with Gasteiger partial charge in [-0.2, -0.15) is 0 Å². The second-order valence-electron chi connectivity index (χ2n) is 5.36. The van der Waals surface area contributed by atoms with Crippen molar-refractivity contribution in [1.82, 2.24) is 5.32 Å². The summed E-state index contributed by atoms with van der Waals surface area (Å²) in [6.45, 7) is 8.41. The van der Waals surface area contributed by atoms with Gasteiger partial charge in [-0.1, -0.05) is 0 Å². The fraction of sp³-hybridized carbons (Fsp3) is 0.900. The summed E-state index contributed by atoms with van der Waals surface area (Å²) in [7, 11) is 5.02. The van der Waals surface area contributed by atoms with Crippen LogP contribution in [0.15, 0.2) is 0 Å². The molecule has 2 radical (unpaired) electrons. The Bertz CT molecular complexity index is 222. The van der Waals surface area contributed by atoms with E-state index in [0.29, 0.717) is 0 Å². The van der Waals surface area contributed by atoms with Crippen molar-refractivity contribution >= 4 is 13.7 Å². The van der Waals surface area contributed by atoms with Gasteiger partial charge in [-0.3, -0.25) is 4.79 Å². The van der Waals surface area contributed by atoms with Crippen molar-refractivity contribution in [3.05, 3.63) is 0 Å². The summed E-state index contributed by atoms with van der Waals surface area (Å²) in [5, 5.41) is 3.50. The zero-order chi connectivity index (χ0) is 11.0. The van der Waals surface area contributed by atoms with E-state index in [-0.39, 0.29) is 17.2 Å². The van der Waals surface area contributed by atoms with E-state index < -0.39 is 5.87 Å². The van der Waals surface area contributed by atoms with Crippen LogP contribution in [0.2, 0.25) is 0 Å². The van der Waals surface area contributed by atoms with Gasteiger partial charge in [0.1, 0.15) is 6.10 Å². The Balaban J connectivity index is 2.66. The Labute approximate surface area is 87.0 Å². The summed E-state index contributed by atoms with van der Waals surface area (Å²) >= 11 is 0. The maximum absolute atomic E-state index is 10.7. The Kier molecular flexibility index (Phi) is 2.95. The first-order valence-electron chi connectivity index (χ1n) is 4.96. The summed E-state index contributed by atoms with van der Waals surface area (Å²) < 4.78 is 5.06. The summed E-state index contributed by atoms with van der Waals surface area (Å²) in [6.07, 6.45) is 1.54. The lowest BCUT2D eigenvalue weighted by molar-refractivity contribution is 0.0304.